The van der Waals surface area contributed by atoms with Crippen molar-refractivity contribution in [2.75, 3.05) is 53.4 Å². The maximum atomic E-state index is 5.96. The zero-order valence-corrected chi connectivity index (χ0v) is 13.3. The molecule has 1 saturated heterocycles. The molecule has 0 radical (unpaired) electrons. The van der Waals surface area contributed by atoms with Gasteiger partial charge in [0.25, 0.3) is 0 Å². The first-order valence-corrected chi connectivity index (χ1v) is 7.84. The minimum atomic E-state index is 0.496. The normalized spacial score (nSPS) is 19.3. The smallest absolute Gasteiger partial charge is 0.0599 e. The number of piperidine rings is 1. The van der Waals surface area contributed by atoms with Gasteiger partial charge in [-0.05, 0) is 59.9 Å². The molecule has 0 aromatic heterocycles. The van der Waals surface area contributed by atoms with Crippen LogP contribution >= 0.6 is 0 Å². The van der Waals surface area contributed by atoms with E-state index in [1.165, 1.54) is 12.8 Å². The summed E-state index contributed by atoms with van der Waals surface area (Å²) in [5.41, 5.74) is 0. The van der Waals surface area contributed by atoms with Crippen LogP contribution in [0.15, 0.2) is 0 Å². The van der Waals surface area contributed by atoms with Gasteiger partial charge >= 0.3 is 0 Å². The van der Waals surface area contributed by atoms with Crippen LogP contribution in [-0.2, 0) is 4.74 Å². The van der Waals surface area contributed by atoms with E-state index in [0.29, 0.717) is 12.1 Å². The summed E-state index contributed by atoms with van der Waals surface area (Å²) in [6.45, 7) is 11.1. The molecule has 0 aromatic carbocycles. The zero-order chi connectivity index (χ0) is 14.1. The van der Waals surface area contributed by atoms with Crippen LogP contribution in [0.3, 0.4) is 0 Å². The second kappa shape index (κ2) is 9.70. The Bertz CT molecular complexity index is 217. The average molecular weight is 271 g/mol. The maximum absolute atomic E-state index is 5.96. The summed E-state index contributed by atoms with van der Waals surface area (Å²) in [7, 11) is 4.29. The Morgan fingerprint density at radius 2 is 1.95 bits per heavy atom. The molecular formula is C15H33N3O. The van der Waals surface area contributed by atoms with E-state index in [4.69, 9.17) is 4.74 Å². The van der Waals surface area contributed by atoms with Crippen LogP contribution < -0.4 is 5.32 Å². The molecule has 19 heavy (non-hydrogen) atoms. The van der Waals surface area contributed by atoms with E-state index in [0.717, 1.165) is 45.8 Å². The summed E-state index contributed by atoms with van der Waals surface area (Å²) in [6, 6.07) is 0.624. The van der Waals surface area contributed by atoms with Crippen molar-refractivity contribution in [2.24, 2.45) is 0 Å². The second-order valence-electron chi connectivity index (χ2n) is 5.91. The molecule has 1 unspecified atom stereocenters. The van der Waals surface area contributed by atoms with Gasteiger partial charge in [-0.25, -0.2) is 0 Å². The van der Waals surface area contributed by atoms with Gasteiger partial charge in [0.15, 0.2) is 0 Å². The molecule has 1 aliphatic rings. The van der Waals surface area contributed by atoms with Crippen molar-refractivity contribution < 1.29 is 4.74 Å². The lowest BCUT2D eigenvalue weighted by molar-refractivity contribution is 0.0259. The van der Waals surface area contributed by atoms with Crippen molar-refractivity contribution in [2.45, 2.75) is 45.3 Å². The fraction of sp³-hybridized carbons (Fsp3) is 1.00. The lowest BCUT2D eigenvalue weighted by Crippen LogP contribution is -2.41. The Labute approximate surface area is 119 Å². The van der Waals surface area contributed by atoms with Crippen molar-refractivity contribution in [1.82, 2.24) is 15.1 Å². The number of ether oxygens (including phenoxy) is 1. The van der Waals surface area contributed by atoms with Gasteiger partial charge in [-0.1, -0.05) is 6.92 Å². The van der Waals surface area contributed by atoms with Crippen LogP contribution in [-0.4, -0.2) is 75.4 Å². The molecule has 0 saturated carbocycles. The third-order valence-electron chi connectivity index (χ3n) is 3.89. The minimum absolute atomic E-state index is 0.496. The molecule has 0 aromatic rings. The highest BCUT2D eigenvalue weighted by molar-refractivity contribution is 4.70. The monoisotopic (exact) mass is 271 g/mol. The summed E-state index contributed by atoms with van der Waals surface area (Å²) in [5.74, 6) is 0. The van der Waals surface area contributed by atoms with Crippen molar-refractivity contribution in [1.29, 1.82) is 0 Å². The summed E-state index contributed by atoms with van der Waals surface area (Å²) in [6.07, 6.45) is 3.99. The molecule has 1 heterocycles. The van der Waals surface area contributed by atoms with E-state index < -0.39 is 0 Å². The minimum Gasteiger partial charge on any atom is -0.378 e. The van der Waals surface area contributed by atoms with Gasteiger partial charge in [0.2, 0.25) is 0 Å². The first-order valence-electron chi connectivity index (χ1n) is 7.84. The van der Waals surface area contributed by atoms with Gasteiger partial charge in [-0.2, -0.15) is 0 Å². The van der Waals surface area contributed by atoms with E-state index >= 15 is 0 Å². The Hall–Kier alpha value is -0.160. The van der Waals surface area contributed by atoms with Gasteiger partial charge < -0.3 is 15.0 Å². The summed E-state index contributed by atoms with van der Waals surface area (Å²) < 4.78 is 5.96. The zero-order valence-electron chi connectivity index (χ0n) is 13.3. The number of nitrogens with zero attached hydrogens (tertiary/aromatic N) is 2. The van der Waals surface area contributed by atoms with Gasteiger partial charge in [-0.3, -0.25) is 4.90 Å². The van der Waals surface area contributed by atoms with Crippen LogP contribution in [0.2, 0.25) is 0 Å². The summed E-state index contributed by atoms with van der Waals surface area (Å²) in [5, 5.41) is 3.37. The van der Waals surface area contributed by atoms with Crippen LogP contribution in [0.4, 0.5) is 0 Å². The lowest BCUT2D eigenvalue weighted by atomic mass is 10.1. The molecule has 1 aliphatic heterocycles. The number of nitrogens with one attached hydrogen (secondary N) is 1. The van der Waals surface area contributed by atoms with Crippen molar-refractivity contribution >= 4 is 0 Å². The Balaban J connectivity index is 2.11. The fourth-order valence-electron chi connectivity index (χ4n) is 2.81. The molecule has 0 amide bonds. The predicted octanol–water partition coefficient (Wildman–Crippen LogP) is 1.42. The van der Waals surface area contributed by atoms with Gasteiger partial charge in [0.05, 0.1) is 6.10 Å². The maximum Gasteiger partial charge on any atom is 0.0599 e. The van der Waals surface area contributed by atoms with Gasteiger partial charge in [-0.15, -0.1) is 0 Å². The van der Waals surface area contributed by atoms with E-state index in [1.54, 1.807) is 0 Å². The Morgan fingerprint density at radius 3 is 2.53 bits per heavy atom. The fourth-order valence-corrected chi connectivity index (χ4v) is 2.81. The van der Waals surface area contributed by atoms with E-state index in [9.17, 15) is 0 Å². The van der Waals surface area contributed by atoms with Crippen LogP contribution in [0.25, 0.3) is 0 Å². The predicted molar refractivity (Wildman–Crippen MR) is 81.7 cm³/mol. The SMILES string of the molecule is CCN(CCCOC1CCNCC1)C(C)CN(C)C. The highest BCUT2D eigenvalue weighted by atomic mass is 16.5. The number of hydrogen-bond acceptors (Lipinski definition) is 4. The highest BCUT2D eigenvalue weighted by Gasteiger charge is 2.14. The second-order valence-corrected chi connectivity index (χ2v) is 5.91. The Kier molecular flexibility index (Phi) is 8.62. The molecule has 1 atom stereocenters. The molecule has 0 aliphatic carbocycles. The molecule has 4 heteroatoms. The van der Waals surface area contributed by atoms with Crippen LogP contribution in [0.1, 0.15) is 33.1 Å². The summed E-state index contributed by atoms with van der Waals surface area (Å²) in [4.78, 5) is 4.81. The number of hydrogen-bond donors (Lipinski definition) is 1. The molecule has 0 spiro atoms. The molecule has 0 bridgehead atoms. The van der Waals surface area contributed by atoms with Gasteiger partial charge in [0.1, 0.15) is 0 Å². The van der Waals surface area contributed by atoms with Crippen LogP contribution in [0.5, 0.6) is 0 Å². The molecule has 1 fully saturated rings. The van der Waals surface area contributed by atoms with Crippen LogP contribution in [0, 0.1) is 0 Å². The average Bonchev–Trinajstić information content (AvgIpc) is 2.39. The van der Waals surface area contributed by atoms with E-state index in [1.807, 2.05) is 0 Å². The topological polar surface area (TPSA) is 27.7 Å². The summed E-state index contributed by atoms with van der Waals surface area (Å²) >= 11 is 0. The van der Waals surface area contributed by atoms with Crippen molar-refractivity contribution in [3.8, 4) is 0 Å². The first-order chi connectivity index (χ1) is 9.13. The van der Waals surface area contributed by atoms with Crippen molar-refractivity contribution in [3.05, 3.63) is 0 Å². The molecular weight excluding hydrogens is 238 g/mol. The Morgan fingerprint density at radius 1 is 1.26 bits per heavy atom. The molecule has 1 rings (SSSR count). The lowest BCUT2D eigenvalue weighted by Gasteiger charge is -2.30. The van der Waals surface area contributed by atoms with E-state index in [2.05, 4.69) is 43.1 Å². The number of likely N-dealkylation sites (N-methyl/N-ethyl adjacent to an activating group) is 2. The quantitative estimate of drug-likeness (QED) is 0.642. The van der Waals surface area contributed by atoms with Crippen molar-refractivity contribution in [3.63, 3.8) is 0 Å². The van der Waals surface area contributed by atoms with Gasteiger partial charge in [0, 0.05) is 25.7 Å². The standard InChI is InChI=1S/C15H33N3O/c1-5-18(14(2)13-17(3)4)11-6-12-19-15-7-9-16-10-8-15/h14-16H,5-13H2,1-4H3. The third-order valence-corrected chi connectivity index (χ3v) is 3.89. The molecule has 4 nitrogen and oxygen atoms in total. The molecule has 1 N–H and O–H groups in total. The molecule has 114 valence electrons. The highest BCUT2D eigenvalue weighted by Crippen LogP contribution is 2.08. The third kappa shape index (κ3) is 7.25. The number of rotatable bonds is 9. The van der Waals surface area contributed by atoms with E-state index in [-0.39, 0.29) is 0 Å². The first kappa shape index (κ1) is 16.9. The largest absolute Gasteiger partial charge is 0.378 e.